The second-order valence-electron chi connectivity index (χ2n) is 7.19. The number of ether oxygens (including phenoxy) is 1. The normalized spacial score (nSPS) is 16.9. The van der Waals surface area contributed by atoms with Gasteiger partial charge >= 0.3 is 0 Å². The lowest BCUT2D eigenvalue weighted by Gasteiger charge is -2.33. The number of hydrogen-bond acceptors (Lipinski definition) is 5. The van der Waals surface area contributed by atoms with Crippen molar-refractivity contribution in [3.63, 3.8) is 0 Å². The fourth-order valence-electron chi connectivity index (χ4n) is 3.48. The van der Waals surface area contributed by atoms with Crippen LogP contribution in [-0.2, 0) is 26.2 Å². The van der Waals surface area contributed by atoms with E-state index in [0.717, 1.165) is 5.56 Å². The van der Waals surface area contributed by atoms with E-state index in [-0.39, 0.29) is 12.5 Å². The zero-order valence-electron chi connectivity index (χ0n) is 16.4. The van der Waals surface area contributed by atoms with Gasteiger partial charge in [-0.25, -0.2) is 17.8 Å². The molecule has 2 aromatic rings. The molecule has 1 unspecified atom stereocenters. The molecule has 2 aromatic carbocycles. The van der Waals surface area contributed by atoms with E-state index in [1.54, 1.807) is 30.3 Å². The maximum atomic E-state index is 12.9. The summed E-state index contributed by atoms with van der Waals surface area (Å²) < 4.78 is 33.2. The van der Waals surface area contributed by atoms with Crippen LogP contribution in [-0.4, -0.2) is 54.3 Å². The van der Waals surface area contributed by atoms with Gasteiger partial charge in [-0.15, -0.1) is 0 Å². The van der Waals surface area contributed by atoms with Crippen LogP contribution < -0.4 is 0 Å². The highest BCUT2D eigenvalue weighted by Crippen LogP contribution is 2.25. The number of carbonyl (C=O) groups excluding carboxylic acids is 1. The molecule has 30 heavy (non-hydrogen) atoms. The molecular formula is C21H25ClN2O5S. The number of hydrogen-bond donors (Lipinski definition) is 1. The number of piperidine rings is 1. The summed E-state index contributed by atoms with van der Waals surface area (Å²) in [7, 11) is -3.69. The molecule has 1 fully saturated rings. The van der Waals surface area contributed by atoms with E-state index in [4.69, 9.17) is 16.3 Å². The van der Waals surface area contributed by atoms with Gasteiger partial charge in [0.1, 0.15) is 0 Å². The summed E-state index contributed by atoms with van der Waals surface area (Å²) >= 11 is 6.14. The first-order valence-electron chi connectivity index (χ1n) is 9.71. The van der Waals surface area contributed by atoms with Crippen LogP contribution >= 0.6 is 11.6 Å². The molecule has 1 aliphatic heterocycles. The third-order valence-corrected chi connectivity index (χ3v) is 7.46. The SMILES string of the molecule is O=CN(O)C(CS(=O)(=O)N1CCC(OCc2ccccc2Cl)CC1)c1ccccc1. The zero-order valence-corrected chi connectivity index (χ0v) is 18.0. The summed E-state index contributed by atoms with van der Waals surface area (Å²) in [6.07, 6.45) is 1.30. The van der Waals surface area contributed by atoms with Gasteiger partial charge in [-0.2, -0.15) is 0 Å². The van der Waals surface area contributed by atoms with Crippen molar-refractivity contribution in [2.75, 3.05) is 18.8 Å². The average molecular weight is 453 g/mol. The van der Waals surface area contributed by atoms with Gasteiger partial charge in [-0.1, -0.05) is 60.1 Å². The Balaban J connectivity index is 1.58. The van der Waals surface area contributed by atoms with Crippen molar-refractivity contribution in [3.05, 3.63) is 70.7 Å². The molecule has 0 bridgehead atoms. The molecule has 0 radical (unpaired) electrons. The standard InChI is InChI=1S/C21H25ClN2O5S/c22-20-9-5-4-8-18(20)14-29-19-10-12-23(13-11-19)30(27,28)15-21(24(26)16-25)17-6-2-1-3-7-17/h1-9,16,19,21,26H,10-15H2. The number of hydroxylamine groups is 2. The largest absolute Gasteiger partial charge is 0.373 e. The van der Waals surface area contributed by atoms with Crippen LogP contribution in [0.25, 0.3) is 0 Å². The number of amides is 1. The number of rotatable bonds is 9. The van der Waals surface area contributed by atoms with Crippen LogP contribution in [0.3, 0.4) is 0 Å². The zero-order chi connectivity index (χ0) is 21.6. The van der Waals surface area contributed by atoms with Gasteiger partial charge in [0.05, 0.1) is 24.5 Å². The smallest absolute Gasteiger partial charge is 0.233 e. The minimum atomic E-state index is -3.69. The van der Waals surface area contributed by atoms with Gasteiger partial charge < -0.3 is 4.74 Å². The number of halogens is 1. The first kappa shape index (κ1) is 22.7. The lowest BCUT2D eigenvalue weighted by molar-refractivity contribution is -0.159. The van der Waals surface area contributed by atoms with E-state index in [0.29, 0.717) is 48.2 Å². The molecule has 3 rings (SSSR count). The molecule has 1 aliphatic rings. The van der Waals surface area contributed by atoms with Gasteiger partial charge in [-0.05, 0) is 30.0 Å². The average Bonchev–Trinajstić information content (AvgIpc) is 2.77. The number of carbonyl (C=O) groups is 1. The Bertz CT molecular complexity index is 933. The Kier molecular flexibility index (Phi) is 7.85. The Morgan fingerprint density at radius 3 is 2.40 bits per heavy atom. The summed E-state index contributed by atoms with van der Waals surface area (Å²) in [5.41, 5.74) is 1.45. The quantitative estimate of drug-likeness (QED) is 0.358. The third kappa shape index (κ3) is 5.80. The first-order valence-corrected chi connectivity index (χ1v) is 11.7. The highest BCUT2D eigenvalue weighted by Gasteiger charge is 2.33. The molecule has 1 saturated heterocycles. The van der Waals surface area contributed by atoms with Gasteiger partial charge in [0.25, 0.3) is 0 Å². The Morgan fingerprint density at radius 1 is 1.13 bits per heavy atom. The molecule has 0 aromatic heterocycles. The molecule has 162 valence electrons. The predicted octanol–water partition coefficient (Wildman–Crippen LogP) is 3.24. The first-order chi connectivity index (χ1) is 14.4. The second kappa shape index (κ2) is 10.4. The predicted molar refractivity (Wildman–Crippen MR) is 113 cm³/mol. The summed E-state index contributed by atoms with van der Waals surface area (Å²) in [5.74, 6) is -0.391. The molecule has 7 nitrogen and oxygen atoms in total. The fourth-order valence-corrected chi connectivity index (χ4v) is 5.39. The topological polar surface area (TPSA) is 87.2 Å². The van der Waals surface area contributed by atoms with Crippen LogP contribution in [0.2, 0.25) is 5.02 Å². The van der Waals surface area contributed by atoms with Crippen LogP contribution in [0.15, 0.2) is 54.6 Å². The number of benzene rings is 2. The van der Waals surface area contributed by atoms with Crippen LogP contribution in [0.4, 0.5) is 0 Å². The third-order valence-electron chi connectivity index (χ3n) is 5.21. The Hall–Kier alpha value is -1.97. The van der Waals surface area contributed by atoms with Gasteiger partial charge in [-0.3, -0.25) is 10.0 Å². The van der Waals surface area contributed by atoms with E-state index in [1.165, 1.54) is 4.31 Å². The van der Waals surface area contributed by atoms with E-state index in [9.17, 15) is 18.4 Å². The number of sulfonamides is 1. The highest BCUT2D eigenvalue weighted by molar-refractivity contribution is 7.89. The number of nitrogens with zero attached hydrogens (tertiary/aromatic N) is 2. The van der Waals surface area contributed by atoms with Crippen molar-refractivity contribution in [2.24, 2.45) is 0 Å². The maximum Gasteiger partial charge on any atom is 0.233 e. The lowest BCUT2D eigenvalue weighted by Crippen LogP contribution is -2.44. The molecule has 1 N–H and O–H groups in total. The Labute approximate surface area is 181 Å². The fraction of sp³-hybridized carbons (Fsp3) is 0.381. The van der Waals surface area contributed by atoms with Gasteiger partial charge in [0.15, 0.2) is 0 Å². The molecule has 0 saturated carbocycles. The molecule has 1 heterocycles. The summed E-state index contributed by atoms with van der Waals surface area (Å²) in [6, 6.07) is 15.1. The Morgan fingerprint density at radius 2 is 1.77 bits per heavy atom. The molecule has 1 amide bonds. The highest BCUT2D eigenvalue weighted by atomic mass is 35.5. The van der Waals surface area contributed by atoms with Gasteiger partial charge in [0, 0.05) is 18.1 Å². The van der Waals surface area contributed by atoms with E-state index in [2.05, 4.69) is 0 Å². The molecule has 0 spiro atoms. The van der Waals surface area contributed by atoms with Crippen molar-refractivity contribution in [2.45, 2.75) is 31.6 Å². The molecule has 1 atom stereocenters. The molecule has 9 heteroatoms. The van der Waals surface area contributed by atoms with Crippen molar-refractivity contribution < 1.29 is 23.2 Å². The van der Waals surface area contributed by atoms with Crippen LogP contribution in [0.1, 0.15) is 30.0 Å². The van der Waals surface area contributed by atoms with Gasteiger partial charge in [0.2, 0.25) is 16.4 Å². The summed E-state index contributed by atoms with van der Waals surface area (Å²) in [6.45, 7) is 1.03. The van der Waals surface area contributed by atoms with Crippen LogP contribution in [0.5, 0.6) is 0 Å². The summed E-state index contributed by atoms with van der Waals surface area (Å²) in [5, 5.41) is 11.0. The van der Waals surface area contributed by atoms with Crippen molar-refractivity contribution in [1.29, 1.82) is 0 Å². The van der Waals surface area contributed by atoms with Crippen molar-refractivity contribution in [1.82, 2.24) is 9.37 Å². The van der Waals surface area contributed by atoms with E-state index in [1.807, 2.05) is 24.3 Å². The van der Waals surface area contributed by atoms with E-state index < -0.39 is 21.8 Å². The molecular weight excluding hydrogens is 428 g/mol. The maximum absolute atomic E-state index is 12.9. The lowest BCUT2D eigenvalue weighted by atomic mass is 10.1. The molecule has 0 aliphatic carbocycles. The van der Waals surface area contributed by atoms with E-state index >= 15 is 0 Å². The minimum absolute atomic E-state index is 0.0537. The summed E-state index contributed by atoms with van der Waals surface area (Å²) in [4.78, 5) is 11.1. The van der Waals surface area contributed by atoms with Crippen molar-refractivity contribution in [3.8, 4) is 0 Å². The second-order valence-corrected chi connectivity index (χ2v) is 9.61. The van der Waals surface area contributed by atoms with Crippen molar-refractivity contribution >= 4 is 28.0 Å². The van der Waals surface area contributed by atoms with Crippen LogP contribution in [0, 0.1) is 0 Å². The monoisotopic (exact) mass is 452 g/mol. The minimum Gasteiger partial charge on any atom is -0.373 e.